The number of hydrogen-bond donors (Lipinski definition) is 2. The van der Waals surface area contributed by atoms with Crippen LogP contribution in [-0.4, -0.2) is 10.2 Å². The fourth-order valence-electron chi connectivity index (χ4n) is 1.38. The lowest BCUT2D eigenvalue weighted by atomic mass is 10.2. The third-order valence-corrected chi connectivity index (χ3v) is 2.70. The van der Waals surface area contributed by atoms with Crippen molar-refractivity contribution in [3.05, 3.63) is 52.0 Å². The van der Waals surface area contributed by atoms with Crippen molar-refractivity contribution in [2.45, 2.75) is 13.1 Å². The Morgan fingerprint density at radius 2 is 2.19 bits per heavy atom. The van der Waals surface area contributed by atoms with Crippen LogP contribution in [-0.2, 0) is 13.1 Å². The molecule has 0 fully saturated rings. The fraction of sp³-hybridized carbons (Fsp3) is 0.182. The minimum Gasteiger partial charge on any atom is -0.307 e. The Morgan fingerprint density at radius 3 is 2.88 bits per heavy atom. The minimum atomic E-state index is -0.202. The van der Waals surface area contributed by atoms with E-state index < -0.39 is 0 Å². The van der Waals surface area contributed by atoms with Gasteiger partial charge in [-0.25, -0.2) is 4.39 Å². The Labute approximate surface area is 101 Å². The average Bonchev–Trinajstić information content (AvgIpc) is 2.74. The first-order chi connectivity index (χ1) is 7.75. The minimum absolute atomic E-state index is 0.202. The van der Waals surface area contributed by atoms with Gasteiger partial charge in [0.15, 0.2) is 0 Å². The maximum atomic E-state index is 13.4. The highest BCUT2D eigenvalue weighted by Crippen LogP contribution is 2.15. The lowest BCUT2D eigenvalue weighted by molar-refractivity contribution is 0.585. The highest BCUT2D eigenvalue weighted by molar-refractivity contribution is 9.10. The van der Waals surface area contributed by atoms with Gasteiger partial charge in [0.2, 0.25) is 0 Å². The van der Waals surface area contributed by atoms with Gasteiger partial charge in [-0.2, -0.15) is 5.10 Å². The van der Waals surface area contributed by atoms with Crippen molar-refractivity contribution in [2.24, 2.45) is 0 Å². The maximum Gasteiger partial charge on any atom is 0.128 e. The van der Waals surface area contributed by atoms with Gasteiger partial charge in [-0.3, -0.25) is 5.10 Å². The van der Waals surface area contributed by atoms with Gasteiger partial charge in [0.25, 0.3) is 0 Å². The lowest BCUT2D eigenvalue weighted by Gasteiger charge is -2.05. The van der Waals surface area contributed by atoms with E-state index in [1.165, 1.54) is 6.07 Å². The first-order valence-corrected chi connectivity index (χ1v) is 5.68. The summed E-state index contributed by atoms with van der Waals surface area (Å²) in [5, 5.41) is 9.80. The lowest BCUT2D eigenvalue weighted by Crippen LogP contribution is -2.14. The van der Waals surface area contributed by atoms with Crippen molar-refractivity contribution in [3.8, 4) is 0 Å². The van der Waals surface area contributed by atoms with E-state index in [0.29, 0.717) is 18.7 Å². The van der Waals surface area contributed by atoms with Crippen molar-refractivity contribution in [3.63, 3.8) is 0 Å². The Balaban J connectivity index is 1.90. The van der Waals surface area contributed by atoms with Gasteiger partial charge < -0.3 is 5.32 Å². The van der Waals surface area contributed by atoms with Gasteiger partial charge in [0.05, 0.1) is 0 Å². The molecule has 5 heteroatoms. The molecule has 0 amide bonds. The number of H-pyrrole nitrogens is 1. The second-order valence-electron chi connectivity index (χ2n) is 3.42. The van der Waals surface area contributed by atoms with Gasteiger partial charge in [-0.05, 0) is 18.2 Å². The highest BCUT2D eigenvalue weighted by Gasteiger charge is 2.02. The molecule has 2 aromatic rings. The van der Waals surface area contributed by atoms with Crippen LogP contribution in [0.2, 0.25) is 0 Å². The number of nitrogens with one attached hydrogen (secondary N) is 2. The summed E-state index contributed by atoms with van der Waals surface area (Å²) in [7, 11) is 0. The number of aromatic amines is 1. The topological polar surface area (TPSA) is 40.7 Å². The Morgan fingerprint density at radius 1 is 1.31 bits per heavy atom. The third-order valence-electron chi connectivity index (χ3n) is 2.20. The highest BCUT2D eigenvalue weighted by atomic mass is 79.9. The number of nitrogens with zero attached hydrogens (tertiary/aromatic N) is 1. The van der Waals surface area contributed by atoms with Crippen molar-refractivity contribution in [1.82, 2.24) is 15.5 Å². The number of rotatable bonds is 4. The number of benzene rings is 1. The molecule has 0 aliphatic carbocycles. The van der Waals surface area contributed by atoms with Gasteiger partial charge in [-0.15, -0.1) is 0 Å². The van der Waals surface area contributed by atoms with Crippen LogP contribution < -0.4 is 5.32 Å². The molecule has 1 heterocycles. The van der Waals surface area contributed by atoms with Crippen molar-refractivity contribution < 1.29 is 4.39 Å². The van der Waals surface area contributed by atoms with E-state index in [2.05, 4.69) is 31.4 Å². The molecule has 0 spiro atoms. The van der Waals surface area contributed by atoms with Gasteiger partial charge in [0, 0.05) is 35.0 Å². The largest absolute Gasteiger partial charge is 0.307 e. The molecule has 0 unspecified atom stereocenters. The molecule has 3 nitrogen and oxygen atoms in total. The molecule has 0 atom stereocenters. The van der Waals surface area contributed by atoms with Gasteiger partial charge in [-0.1, -0.05) is 22.0 Å². The predicted octanol–water partition coefficient (Wildman–Crippen LogP) is 2.60. The van der Waals surface area contributed by atoms with E-state index in [1.54, 1.807) is 12.3 Å². The first kappa shape index (κ1) is 11.3. The zero-order chi connectivity index (χ0) is 11.4. The van der Waals surface area contributed by atoms with Crippen LogP contribution in [0.15, 0.2) is 34.9 Å². The van der Waals surface area contributed by atoms with E-state index in [0.717, 1.165) is 10.2 Å². The Hall–Kier alpha value is -1.20. The second kappa shape index (κ2) is 5.23. The van der Waals surface area contributed by atoms with Gasteiger partial charge >= 0.3 is 0 Å². The Bertz CT molecular complexity index is 456. The van der Waals surface area contributed by atoms with E-state index in [4.69, 9.17) is 0 Å². The standard InChI is InChI=1S/C11H11BrFN3/c12-9-2-1-8(11(13)5-9)6-14-7-10-3-4-15-16-10/h1-5,14H,6-7H2,(H,15,16). The van der Waals surface area contributed by atoms with Crippen LogP contribution in [0.25, 0.3) is 0 Å². The summed E-state index contributed by atoms with van der Waals surface area (Å²) in [6.07, 6.45) is 1.69. The summed E-state index contributed by atoms with van der Waals surface area (Å²) < 4.78 is 14.2. The molecular weight excluding hydrogens is 273 g/mol. The Kier molecular flexibility index (Phi) is 3.69. The zero-order valence-electron chi connectivity index (χ0n) is 8.50. The summed E-state index contributed by atoms with van der Waals surface area (Å²) >= 11 is 3.22. The zero-order valence-corrected chi connectivity index (χ0v) is 10.1. The quantitative estimate of drug-likeness (QED) is 0.906. The molecule has 2 N–H and O–H groups in total. The first-order valence-electron chi connectivity index (χ1n) is 4.88. The summed E-state index contributed by atoms with van der Waals surface area (Å²) in [4.78, 5) is 0. The molecule has 16 heavy (non-hydrogen) atoms. The van der Waals surface area contributed by atoms with Crippen LogP contribution in [0.4, 0.5) is 4.39 Å². The average molecular weight is 284 g/mol. The van der Waals surface area contributed by atoms with Gasteiger partial charge in [0.1, 0.15) is 5.82 Å². The third kappa shape index (κ3) is 2.90. The molecule has 0 aliphatic heterocycles. The van der Waals surface area contributed by atoms with Crippen molar-refractivity contribution in [2.75, 3.05) is 0 Å². The van der Waals surface area contributed by atoms with E-state index in [9.17, 15) is 4.39 Å². The maximum absolute atomic E-state index is 13.4. The molecular formula is C11H11BrFN3. The van der Waals surface area contributed by atoms with Crippen LogP contribution in [0, 0.1) is 5.82 Å². The summed E-state index contributed by atoms with van der Waals surface area (Å²) in [5.41, 5.74) is 1.64. The molecule has 1 aromatic carbocycles. The SMILES string of the molecule is Fc1cc(Br)ccc1CNCc1ccn[nH]1. The molecule has 0 saturated heterocycles. The number of halogens is 2. The molecule has 0 radical (unpaired) electrons. The molecule has 0 bridgehead atoms. The van der Waals surface area contributed by atoms with Crippen LogP contribution >= 0.6 is 15.9 Å². The van der Waals surface area contributed by atoms with Crippen molar-refractivity contribution >= 4 is 15.9 Å². The van der Waals surface area contributed by atoms with E-state index in [-0.39, 0.29) is 5.82 Å². The monoisotopic (exact) mass is 283 g/mol. The molecule has 84 valence electrons. The smallest absolute Gasteiger partial charge is 0.128 e. The van der Waals surface area contributed by atoms with Crippen LogP contribution in [0.3, 0.4) is 0 Å². The molecule has 0 aliphatic rings. The normalized spacial score (nSPS) is 10.6. The second-order valence-corrected chi connectivity index (χ2v) is 4.34. The fourth-order valence-corrected chi connectivity index (χ4v) is 1.71. The van der Waals surface area contributed by atoms with Crippen LogP contribution in [0.1, 0.15) is 11.3 Å². The summed E-state index contributed by atoms with van der Waals surface area (Å²) in [6.45, 7) is 1.15. The van der Waals surface area contributed by atoms with E-state index >= 15 is 0 Å². The van der Waals surface area contributed by atoms with Crippen LogP contribution in [0.5, 0.6) is 0 Å². The number of hydrogen-bond acceptors (Lipinski definition) is 2. The summed E-state index contributed by atoms with van der Waals surface area (Å²) in [6, 6.07) is 6.94. The number of aromatic nitrogens is 2. The van der Waals surface area contributed by atoms with E-state index in [1.807, 2.05) is 12.1 Å². The molecule has 0 saturated carbocycles. The van der Waals surface area contributed by atoms with Crippen molar-refractivity contribution in [1.29, 1.82) is 0 Å². The molecule has 2 rings (SSSR count). The molecule has 1 aromatic heterocycles. The predicted molar refractivity (Wildman–Crippen MR) is 63.2 cm³/mol. The summed E-state index contributed by atoms with van der Waals surface area (Å²) in [5.74, 6) is -0.202.